The van der Waals surface area contributed by atoms with Crippen LogP contribution in [0.15, 0.2) is 46.4 Å². The molecule has 2 aromatic carbocycles. The number of ether oxygens (including phenoxy) is 1. The monoisotopic (exact) mass is 380 g/mol. The minimum absolute atomic E-state index is 0.0255. The van der Waals surface area contributed by atoms with Crippen LogP contribution in [0.5, 0.6) is 5.75 Å². The third kappa shape index (κ3) is 3.29. The van der Waals surface area contributed by atoms with Gasteiger partial charge in [0.25, 0.3) is 5.91 Å². The summed E-state index contributed by atoms with van der Waals surface area (Å²) in [4.78, 5) is 12.1. The number of rotatable bonds is 4. The number of methoxy groups -OCH3 is 1. The van der Waals surface area contributed by atoms with E-state index in [2.05, 4.69) is 15.8 Å². The topological polar surface area (TPSA) is 123 Å². The molecule has 4 N–H and O–H groups in total. The molecule has 0 saturated carbocycles. The summed E-state index contributed by atoms with van der Waals surface area (Å²) in [5.41, 5.74) is 4.22. The first kappa shape index (κ1) is 17.2. The zero-order valence-corrected chi connectivity index (χ0v) is 14.5. The fourth-order valence-corrected chi connectivity index (χ4v) is 3.14. The number of carbonyl (C=O) groups excluding carboxylic acids is 1. The number of hydrazone groups is 1. The maximum Gasteiger partial charge on any atom is 0.276 e. The Morgan fingerprint density at radius 2 is 1.88 bits per heavy atom. The molecule has 10 heteroatoms. The van der Waals surface area contributed by atoms with Crippen molar-refractivity contribution in [3.63, 3.8) is 0 Å². The van der Waals surface area contributed by atoms with E-state index < -0.39 is 15.9 Å². The Kier molecular flexibility index (Phi) is 4.38. The average molecular weight is 381 g/mol. The molecule has 0 fully saturated rings. The molecule has 0 radical (unpaired) electrons. The molecule has 0 spiro atoms. The number of halogens is 1. The standard InChI is InChI=1S/C15H13ClN4O4S/c1-24-11-7-6-10-12(13(11)16)14(15(21)18-10)20-19-8-2-4-9(5-3-8)25(17,22)23/h2-7,19H,1H3,(H2,17,22,23)(H,18,20,21). The summed E-state index contributed by atoms with van der Waals surface area (Å²) in [7, 11) is -2.30. The molecule has 0 saturated heterocycles. The number of hydrogen-bond donors (Lipinski definition) is 3. The van der Waals surface area contributed by atoms with Gasteiger partial charge >= 0.3 is 0 Å². The fourth-order valence-electron chi connectivity index (χ4n) is 2.29. The average Bonchev–Trinajstić information content (AvgIpc) is 2.89. The largest absolute Gasteiger partial charge is 0.495 e. The smallest absolute Gasteiger partial charge is 0.276 e. The molecule has 25 heavy (non-hydrogen) atoms. The number of fused-ring (bicyclic) bond motifs is 1. The lowest BCUT2D eigenvalue weighted by Gasteiger charge is -2.07. The lowest BCUT2D eigenvalue weighted by molar-refractivity contribution is -0.110. The van der Waals surface area contributed by atoms with E-state index in [0.717, 1.165) is 0 Å². The SMILES string of the molecule is COc1ccc2c(c1Cl)/C(=N/Nc1ccc(S(N)(=O)=O)cc1)C(=O)N2. The first-order valence-electron chi connectivity index (χ1n) is 6.96. The van der Waals surface area contributed by atoms with Crippen molar-refractivity contribution >= 4 is 44.6 Å². The molecular formula is C15H13ClN4O4S. The summed E-state index contributed by atoms with van der Waals surface area (Å²) in [5, 5.41) is 12.0. The van der Waals surface area contributed by atoms with E-state index in [-0.39, 0.29) is 15.6 Å². The zero-order chi connectivity index (χ0) is 18.2. The van der Waals surface area contributed by atoms with Crippen LogP contribution >= 0.6 is 11.6 Å². The second kappa shape index (κ2) is 6.36. The van der Waals surface area contributed by atoms with Crippen LogP contribution in [-0.2, 0) is 14.8 Å². The molecule has 130 valence electrons. The van der Waals surface area contributed by atoms with E-state index in [1.165, 1.54) is 31.4 Å². The summed E-state index contributed by atoms with van der Waals surface area (Å²) >= 11 is 6.26. The van der Waals surface area contributed by atoms with Crippen LogP contribution in [0.4, 0.5) is 11.4 Å². The Hall–Kier alpha value is -2.62. The minimum atomic E-state index is -3.77. The number of sulfonamides is 1. The van der Waals surface area contributed by atoms with Gasteiger partial charge in [-0.1, -0.05) is 11.6 Å². The molecular weight excluding hydrogens is 368 g/mol. The Bertz CT molecular complexity index is 987. The second-order valence-corrected chi connectivity index (χ2v) is 7.04. The fraction of sp³-hybridized carbons (Fsp3) is 0.0667. The maximum atomic E-state index is 12.1. The van der Waals surface area contributed by atoms with Crippen molar-refractivity contribution in [2.24, 2.45) is 10.2 Å². The number of primary sulfonamides is 1. The van der Waals surface area contributed by atoms with Gasteiger partial charge in [-0.2, -0.15) is 5.10 Å². The number of anilines is 2. The van der Waals surface area contributed by atoms with Crippen LogP contribution in [0.2, 0.25) is 5.02 Å². The van der Waals surface area contributed by atoms with E-state index in [1.807, 2.05) is 0 Å². The highest BCUT2D eigenvalue weighted by molar-refractivity contribution is 7.89. The zero-order valence-electron chi connectivity index (χ0n) is 12.9. The highest BCUT2D eigenvalue weighted by Gasteiger charge is 2.30. The van der Waals surface area contributed by atoms with Crippen LogP contribution in [0.25, 0.3) is 0 Å². The van der Waals surface area contributed by atoms with Crippen LogP contribution < -0.4 is 20.6 Å². The molecule has 1 aliphatic heterocycles. The van der Waals surface area contributed by atoms with E-state index in [9.17, 15) is 13.2 Å². The number of nitrogens with zero attached hydrogens (tertiary/aromatic N) is 1. The quantitative estimate of drug-likeness (QED) is 0.697. The first-order chi connectivity index (χ1) is 11.8. The van der Waals surface area contributed by atoms with E-state index in [0.29, 0.717) is 22.7 Å². The molecule has 0 unspecified atom stereocenters. The van der Waals surface area contributed by atoms with Crippen molar-refractivity contribution in [1.29, 1.82) is 0 Å². The lowest BCUT2D eigenvalue weighted by Crippen LogP contribution is -2.16. The third-order valence-electron chi connectivity index (χ3n) is 3.51. The number of benzene rings is 2. The van der Waals surface area contributed by atoms with Crippen LogP contribution in [0.3, 0.4) is 0 Å². The van der Waals surface area contributed by atoms with Crippen molar-refractivity contribution in [2.75, 3.05) is 17.9 Å². The third-order valence-corrected chi connectivity index (χ3v) is 4.81. The Balaban J connectivity index is 1.92. The number of nitrogens with two attached hydrogens (primary N) is 1. The Morgan fingerprint density at radius 1 is 1.20 bits per heavy atom. The van der Waals surface area contributed by atoms with E-state index in [1.54, 1.807) is 12.1 Å². The van der Waals surface area contributed by atoms with Gasteiger partial charge in [-0.05, 0) is 36.4 Å². The van der Waals surface area contributed by atoms with Gasteiger partial charge in [0, 0.05) is 0 Å². The van der Waals surface area contributed by atoms with Gasteiger partial charge in [0.2, 0.25) is 10.0 Å². The number of hydrogen-bond acceptors (Lipinski definition) is 6. The summed E-state index contributed by atoms with van der Waals surface area (Å²) in [5.74, 6) is 0.000862. The molecule has 0 atom stereocenters. The van der Waals surface area contributed by atoms with Crippen molar-refractivity contribution < 1.29 is 17.9 Å². The van der Waals surface area contributed by atoms with Crippen LogP contribution in [0.1, 0.15) is 5.56 Å². The predicted octanol–water partition coefficient (Wildman–Crippen LogP) is 1.76. The summed E-state index contributed by atoms with van der Waals surface area (Å²) in [6.07, 6.45) is 0. The molecule has 1 amide bonds. The van der Waals surface area contributed by atoms with Gasteiger partial charge in [0.15, 0.2) is 5.71 Å². The van der Waals surface area contributed by atoms with Crippen molar-refractivity contribution in [2.45, 2.75) is 4.90 Å². The first-order valence-corrected chi connectivity index (χ1v) is 8.88. The highest BCUT2D eigenvalue weighted by atomic mass is 35.5. The molecule has 1 aliphatic rings. The molecule has 0 aromatic heterocycles. The van der Waals surface area contributed by atoms with Crippen LogP contribution in [0, 0.1) is 0 Å². The van der Waals surface area contributed by atoms with Crippen molar-refractivity contribution in [3.8, 4) is 5.75 Å². The Morgan fingerprint density at radius 3 is 2.48 bits per heavy atom. The molecule has 8 nitrogen and oxygen atoms in total. The Labute approximate surface area is 148 Å². The molecule has 2 aromatic rings. The van der Waals surface area contributed by atoms with Gasteiger partial charge in [-0.3, -0.25) is 10.2 Å². The van der Waals surface area contributed by atoms with Gasteiger partial charge in [0.1, 0.15) is 5.75 Å². The number of carbonyl (C=O) groups is 1. The van der Waals surface area contributed by atoms with Gasteiger partial charge in [-0.25, -0.2) is 13.6 Å². The number of nitrogens with one attached hydrogen (secondary N) is 2. The maximum absolute atomic E-state index is 12.1. The minimum Gasteiger partial charge on any atom is -0.495 e. The molecule has 0 bridgehead atoms. The summed E-state index contributed by atoms with van der Waals surface area (Å²) in [6, 6.07) is 8.92. The highest BCUT2D eigenvalue weighted by Crippen LogP contribution is 2.37. The van der Waals surface area contributed by atoms with Gasteiger partial charge in [0.05, 0.1) is 34.0 Å². The van der Waals surface area contributed by atoms with Crippen LogP contribution in [-0.4, -0.2) is 27.1 Å². The van der Waals surface area contributed by atoms with Gasteiger partial charge in [-0.15, -0.1) is 0 Å². The van der Waals surface area contributed by atoms with E-state index >= 15 is 0 Å². The summed E-state index contributed by atoms with van der Waals surface area (Å²) in [6.45, 7) is 0. The lowest BCUT2D eigenvalue weighted by atomic mass is 10.1. The second-order valence-electron chi connectivity index (χ2n) is 5.10. The molecule has 0 aliphatic carbocycles. The van der Waals surface area contributed by atoms with E-state index in [4.69, 9.17) is 21.5 Å². The van der Waals surface area contributed by atoms with Gasteiger partial charge < -0.3 is 10.1 Å². The van der Waals surface area contributed by atoms with Crippen molar-refractivity contribution in [1.82, 2.24) is 0 Å². The normalized spacial score (nSPS) is 15.0. The predicted molar refractivity (Wildman–Crippen MR) is 94.6 cm³/mol. The molecule has 1 heterocycles. The van der Waals surface area contributed by atoms with Crippen molar-refractivity contribution in [3.05, 3.63) is 47.0 Å². The number of amides is 1. The molecule has 3 rings (SSSR count). The summed E-state index contributed by atoms with van der Waals surface area (Å²) < 4.78 is 27.6.